The predicted molar refractivity (Wildman–Crippen MR) is 135 cm³/mol. The normalized spacial score (nSPS) is 25.5. The van der Waals surface area contributed by atoms with E-state index >= 15 is 0 Å². The molecule has 1 N–H and O–H groups in total. The van der Waals surface area contributed by atoms with E-state index in [9.17, 15) is 9.59 Å². The standard InChI is InChI=1S/C27H34N6O3/c1-4-5-25(34)31-14-21(15-31)36-27(35)32-19-8-9-20(32)11-18(10-19)29-24-12-23(17-6-7-17)30-26-22(16(2)3)13-28-33(24)26/h12-13,16-21,29H,6-11,14-15H2,1-3H3. The van der Waals surface area contributed by atoms with Gasteiger partial charge in [-0.15, -0.1) is 0 Å². The third-order valence-electron chi connectivity index (χ3n) is 8.07. The third-order valence-corrected chi connectivity index (χ3v) is 8.07. The lowest BCUT2D eigenvalue weighted by Crippen LogP contribution is -2.57. The molecule has 0 radical (unpaired) electrons. The molecule has 4 fully saturated rings. The maximum absolute atomic E-state index is 13.0. The van der Waals surface area contributed by atoms with Crippen LogP contribution in [0.4, 0.5) is 10.6 Å². The molecular formula is C27H34N6O3. The number of carbonyl (C=O) groups excluding carboxylic acids is 2. The maximum atomic E-state index is 13.0. The van der Waals surface area contributed by atoms with Gasteiger partial charge in [0.15, 0.2) is 5.65 Å². The van der Waals surface area contributed by atoms with Gasteiger partial charge >= 0.3 is 6.09 Å². The van der Waals surface area contributed by atoms with Gasteiger partial charge in [-0.1, -0.05) is 19.8 Å². The van der Waals surface area contributed by atoms with Crippen LogP contribution in [0.15, 0.2) is 12.3 Å². The Balaban J connectivity index is 1.12. The number of likely N-dealkylation sites (tertiary alicyclic amines) is 1. The minimum absolute atomic E-state index is 0.168. The smallest absolute Gasteiger partial charge is 0.410 e. The summed E-state index contributed by atoms with van der Waals surface area (Å²) in [6.45, 7) is 6.86. The van der Waals surface area contributed by atoms with E-state index in [0.29, 0.717) is 24.9 Å². The summed E-state index contributed by atoms with van der Waals surface area (Å²) in [5, 5.41) is 8.45. The first-order valence-electron chi connectivity index (χ1n) is 13.3. The average molecular weight is 491 g/mol. The van der Waals surface area contributed by atoms with E-state index in [1.807, 2.05) is 15.6 Å². The van der Waals surface area contributed by atoms with Gasteiger partial charge in [-0.25, -0.2) is 9.78 Å². The van der Waals surface area contributed by atoms with Gasteiger partial charge in [0.1, 0.15) is 11.9 Å². The maximum Gasteiger partial charge on any atom is 0.410 e. The van der Waals surface area contributed by atoms with Crippen LogP contribution in [-0.2, 0) is 9.53 Å². The first kappa shape index (κ1) is 23.1. The number of hydrogen-bond donors (Lipinski definition) is 1. The molecule has 9 heteroatoms. The molecule has 2 unspecified atom stereocenters. The predicted octanol–water partition coefficient (Wildman–Crippen LogP) is 3.51. The van der Waals surface area contributed by atoms with Crippen molar-refractivity contribution in [1.82, 2.24) is 24.4 Å². The minimum Gasteiger partial charge on any atom is -0.442 e. The summed E-state index contributed by atoms with van der Waals surface area (Å²) in [5.74, 6) is 6.88. The van der Waals surface area contributed by atoms with Crippen molar-refractivity contribution in [1.29, 1.82) is 0 Å². The van der Waals surface area contributed by atoms with Crippen molar-refractivity contribution >= 4 is 23.5 Å². The third kappa shape index (κ3) is 4.16. The van der Waals surface area contributed by atoms with Gasteiger partial charge < -0.3 is 19.9 Å². The molecule has 6 rings (SSSR count). The molecule has 2 bridgehead atoms. The van der Waals surface area contributed by atoms with Gasteiger partial charge in [-0.3, -0.25) is 4.79 Å². The molecular weight excluding hydrogens is 456 g/mol. The van der Waals surface area contributed by atoms with Crippen LogP contribution in [0.5, 0.6) is 0 Å². The number of carbonyl (C=O) groups is 2. The number of piperidine rings is 1. The van der Waals surface area contributed by atoms with Crippen LogP contribution in [0, 0.1) is 11.8 Å². The molecule has 3 aliphatic heterocycles. The second kappa shape index (κ2) is 8.99. The molecule has 190 valence electrons. The number of hydrogen-bond acceptors (Lipinski definition) is 6. The molecule has 3 saturated heterocycles. The lowest BCUT2D eigenvalue weighted by Gasteiger charge is -2.42. The van der Waals surface area contributed by atoms with Gasteiger partial charge in [-0.2, -0.15) is 9.61 Å². The highest BCUT2D eigenvalue weighted by atomic mass is 16.6. The van der Waals surface area contributed by atoms with Crippen molar-refractivity contribution in [2.24, 2.45) is 0 Å². The van der Waals surface area contributed by atoms with E-state index in [-0.39, 0.29) is 36.2 Å². The zero-order valence-corrected chi connectivity index (χ0v) is 21.2. The molecule has 2 amide bonds. The van der Waals surface area contributed by atoms with E-state index in [2.05, 4.69) is 42.2 Å². The zero-order valence-electron chi connectivity index (χ0n) is 21.2. The van der Waals surface area contributed by atoms with Crippen LogP contribution in [0.2, 0.25) is 0 Å². The fraction of sp³-hybridized carbons (Fsp3) is 0.630. The van der Waals surface area contributed by atoms with Crippen LogP contribution in [0.25, 0.3) is 5.65 Å². The summed E-state index contributed by atoms with van der Waals surface area (Å²) in [4.78, 5) is 33.4. The van der Waals surface area contributed by atoms with Crippen LogP contribution in [0.3, 0.4) is 0 Å². The lowest BCUT2D eigenvalue weighted by molar-refractivity contribution is -0.135. The van der Waals surface area contributed by atoms with Crippen molar-refractivity contribution in [2.75, 3.05) is 18.4 Å². The Bertz CT molecular complexity index is 1240. The largest absolute Gasteiger partial charge is 0.442 e. The second-order valence-corrected chi connectivity index (χ2v) is 11.0. The van der Waals surface area contributed by atoms with Crippen molar-refractivity contribution in [2.45, 2.75) is 95.4 Å². The molecule has 36 heavy (non-hydrogen) atoms. The number of nitrogens with one attached hydrogen (secondary N) is 1. The summed E-state index contributed by atoms with van der Waals surface area (Å²) in [6, 6.07) is 2.78. The highest BCUT2D eigenvalue weighted by Crippen LogP contribution is 2.41. The molecule has 0 spiro atoms. The van der Waals surface area contributed by atoms with Crippen molar-refractivity contribution in [3.8, 4) is 11.8 Å². The zero-order chi connectivity index (χ0) is 25.0. The molecule has 1 aliphatic carbocycles. The highest BCUT2D eigenvalue weighted by molar-refractivity contribution is 5.94. The summed E-state index contributed by atoms with van der Waals surface area (Å²) in [7, 11) is 0. The molecule has 2 aromatic heterocycles. The van der Waals surface area contributed by atoms with Crippen LogP contribution in [-0.4, -0.2) is 73.7 Å². The van der Waals surface area contributed by atoms with Crippen molar-refractivity contribution < 1.29 is 14.3 Å². The average Bonchev–Trinajstić information content (AvgIpc) is 3.51. The quantitative estimate of drug-likeness (QED) is 0.645. The number of aromatic nitrogens is 3. The Morgan fingerprint density at radius 1 is 1.14 bits per heavy atom. The van der Waals surface area contributed by atoms with E-state index in [1.165, 1.54) is 18.4 Å². The van der Waals surface area contributed by atoms with Gasteiger partial charge in [0.25, 0.3) is 5.91 Å². The number of rotatable bonds is 5. The van der Waals surface area contributed by atoms with Gasteiger partial charge in [0.05, 0.1) is 19.3 Å². The Morgan fingerprint density at radius 2 is 1.86 bits per heavy atom. The van der Waals surface area contributed by atoms with Crippen LogP contribution >= 0.6 is 0 Å². The fourth-order valence-corrected chi connectivity index (χ4v) is 5.97. The summed E-state index contributed by atoms with van der Waals surface area (Å²) >= 11 is 0. The fourth-order valence-electron chi connectivity index (χ4n) is 5.97. The number of nitrogens with zero attached hydrogens (tertiary/aromatic N) is 5. The van der Waals surface area contributed by atoms with Crippen LogP contribution < -0.4 is 5.32 Å². The summed E-state index contributed by atoms with van der Waals surface area (Å²) in [5.41, 5.74) is 3.30. The lowest BCUT2D eigenvalue weighted by atomic mass is 9.97. The summed E-state index contributed by atoms with van der Waals surface area (Å²) in [6.07, 6.45) is 7.64. The molecule has 1 saturated carbocycles. The SMILES string of the molecule is CC#CC(=O)N1CC(OC(=O)N2C3CCC2CC(Nc2cc(C4CC4)nc4c(C(C)C)cnn24)C3)C1. The second-order valence-electron chi connectivity index (χ2n) is 11.0. The Labute approximate surface area is 211 Å². The first-order chi connectivity index (χ1) is 17.4. The topological polar surface area (TPSA) is 92.1 Å². The number of fused-ring (bicyclic) bond motifs is 3. The molecule has 9 nitrogen and oxygen atoms in total. The van der Waals surface area contributed by atoms with E-state index in [4.69, 9.17) is 9.72 Å². The Morgan fingerprint density at radius 3 is 2.50 bits per heavy atom. The summed E-state index contributed by atoms with van der Waals surface area (Å²) < 4.78 is 7.71. The molecule has 5 heterocycles. The highest BCUT2D eigenvalue weighted by Gasteiger charge is 2.45. The van der Waals surface area contributed by atoms with Crippen LogP contribution in [0.1, 0.15) is 82.4 Å². The van der Waals surface area contributed by atoms with E-state index < -0.39 is 0 Å². The Hall–Kier alpha value is -3.28. The first-order valence-corrected chi connectivity index (χ1v) is 13.3. The minimum atomic E-state index is -0.240. The number of ether oxygens (including phenoxy) is 1. The van der Waals surface area contributed by atoms with E-state index in [0.717, 1.165) is 42.8 Å². The van der Waals surface area contributed by atoms with Crippen molar-refractivity contribution in [3.63, 3.8) is 0 Å². The molecule has 2 atom stereocenters. The van der Waals surface area contributed by atoms with Gasteiger partial charge in [0, 0.05) is 41.4 Å². The monoisotopic (exact) mass is 490 g/mol. The van der Waals surface area contributed by atoms with E-state index in [1.54, 1.807) is 11.8 Å². The van der Waals surface area contributed by atoms with Crippen molar-refractivity contribution in [3.05, 3.63) is 23.5 Å². The molecule has 0 aromatic carbocycles. The molecule has 4 aliphatic rings. The Kier molecular flexibility index (Phi) is 5.78. The van der Waals surface area contributed by atoms with Gasteiger partial charge in [0.2, 0.25) is 0 Å². The molecule has 2 aromatic rings. The van der Waals surface area contributed by atoms with Gasteiger partial charge in [-0.05, 0) is 57.3 Å². The number of anilines is 1. The number of amides is 2.